The second-order valence-electron chi connectivity index (χ2n) is 3.76. The number of para-hydroxylation sites is 1. The zero-order chi connectivity index (χ0) is 10.3. The SMILES string of the molecule is Cc1[c]c2cc3ccccc3nc2cc1. The molecule has 1 nitrogen and oxygen atoms in total. The zero-order valence-corrected chi connectivity index (χ0v) is 8.49. The van der Waals surface area contributed by atoms with Crippen LogP contribution in [0.15, 0.2) is 42.5 Å². The van der Waals surface area contributed by atoms with Crippen LogP contribution in [0, 0.1) is 13.0 Å². The minimum absolute atomic E-state index is 1.01. The molecular weight excluding hydrogens is 182 g/mol. The molecule has 0 amide bonds. The van der Waals surface area contributed by atoms with Crippen molar-refractivity contribution >= 4 is 21.8 Å². The fourth-order valence-corrected chi connectivity index (χ4v) is 1.82. The lowest BCUT2D eigenvalue weighted by molar-refractivity contribution is 1.45. The van der Waals surface area contributed by atoms with E-state index in [2.05, 4.69) is 30.1 Å². The third-order valence-corrected chi connectivity index (χ3v) is 2.58. The summed E-state index contributed by atoms with van der Waals surface area (Å²) in [7, 11) is 0. The van der Waals surface area contributed by atoms with E-state index >= 15 is 0 Å². The highest BCUT2D eigenvalue weighted by Gasteiger charge is 1.98. The van der Waals surface area contributed by atoms with Gasteiger partial charge in [-0.05, 0) is 36.8 Å². The molecule has 0 saturated heterocycles. The highest BCUT2D eigenvalue weighted by atomic mass is 14.7. The zero-order valence-electron chi connectivity index (χ0n) is 8.49. The van der Waals surface area contributed by atoms with Gasteiger partial charge in [0, 0.05) is 10.8 Å². The highest BCUT2D eigenvalue weighted by molar-refractivity contribution is 5.92. The molecule has 15 heavy (non-hydrogen) atoms. The molecule has 71 valence electrons. The second-order valence-corrected chi connectivity index (χ2v) is 3.76. The maximum atomic E-state index is 4.59. The Bertz CT molecular complexity index is 641. The molecule has 3 rings (SSSR count). The molecule has 3 aromatic rings. The lowest BCUT2D eigenvalue weighted by Gasteiger charge is -2.01. The van der Waals surface area contributed by atoms with Crippen LogP contribution in [0.25, 0.3) is 21.8 Å². The maximum Gasteiger partial charge on any atom is 0.0716 e. The minimum Gasteiger partial charge on any atom is -0.248 e. The van der Waals surface area contributed by atoms with E-state index in [0.717, 1.165) is 22.0 Å². The molecule has 0 aliphatic heterocycles. The van der Waals surface area contributed by atoms with Crippen molar-refractivity contribution in [2.24, 2.45) is 0 Å². The average molecular weight is 192 g/mol. The third-order valence-electron chi connectivity index (χ3n) is 2.58. The van der Waals surface area contributed by atoms with Gasteiger partial charge in [-0.25, -0.2) is 4.98 Å². The molecule has 0 bridgehead atoms. The second kappa shape index (κ2) is 3.06. The Morgan fingerprint density at radius 3 is 2.80 bits per heavy atom. The van der Waals surface area contributed by atoms with E-state index in [4.69, 9.17) is 0 Å². The number of benzene rings is 2. The first-order chi connectivity index (χ1) is 7.33. The summed E-state index contributed by atoms with van der Waals surface area (Å²) in [5, 5.41) is 2.26. The molecule has 0 aliphatic carbocycles. The predicted molar refractivity (Wildman–Crippen MR) is 62.8 cm³/mol. The highest BCUT2D eigenvalue weighted by Crippen LogP contribution is 2.19. The standard InChI is InChI=1S/C14H10N/c1-10-6-7-14-12(8-10)9-11-4-2-3-5-13(11)15-14/h2-7,9H,1H3. The molecule has 0 spiro atoms. The summed E-state index contributed by atoms with van der Waals surface area (Å²) < 4.78 is 0. The van der Waals surface area contributed by atoms with Crippen LogP contribution in [-0.2, 0) is 0 Å². The van der Waals surface area contributed by atoms with Gasteiger partial charge in [-0.1, -0.05) is 24.3 Å². The van der Waals surface area contributed by atoms with Gasteiger partial charge < -0.3 is 0 Å². The van der Waals surface area contributed by atoms with Crippen molar-refractivity contribution in [2.75, 3.05) is 0 Å². The summed E-state index contributed by atoms with van der Waals surface area (Å²) in [6, 6.07) is 17.7. The first-order valence-electron chi connectivity index (χ1n) is 5.01. The number of nitrogens with zero attached hydrogens (tertiary/aromatic N) is 1. The van der Waals surface area contributed by atoms with Crippen molar-refractivity contribution in [2.45, 2.75) is 6.92 Å². The van der Waals surface area contributed by atoms with E-state index in [0.29, 0.717) is 0 Å². The third kappa shape index (κ3) is 1.37. The normalized spacial score (nSPS) is 11.0. The van der Waals surface area contributed by atoms with E-state index in [1.165, 1.54) is 5.39 Å². The minimum atomic E-state index is 1.01. The summed E-state index contributed by atoms with van der Waals surface area (Å²) in [6.07, 6.45) is 0. The van der Waals surface area contributed by atoms with Gasteiger partial charge in [-0.3, -0.25) is 0 Å². The molecule has 2 aromatic carbocycles. The Labute approximate surface area is 88.4 Å². The molecule has 0 saturated carbocycles. The topological polar surface area (TPSA) is 12.9 Å². The van der Waals surface area contributed by atoms with Gasteiger partial charge in [0.05, 0.1) is 11.0 Å². The number of fused-ring (bicyclic) bond motifs is 2. The van der Waals surface area contributed by atoms with Gasteiger partial charge in [0.2, 0.25) is 0 Å². The molecule has 1 aromatic heterocycles. The first-order valence-corrected chi connectivity index (χ1v) is 5.01. The Kier molecular flexibility index (Phi) is 1.72. The van der Waals surface area contributed by atoms with Gasteiger partial charge in [0.1, 0.15) is 0 Å². The molecular formula is C14H10N. The Hall–Kier alpha value is -1.89. The fraction of sp³-hybridized carbons (Fsp3) is 0.0714. The van der Waals surface area contributed by atoms with Crippen LogP contribution in [-0.4, -0.2) is 4.98 Å². The summed E-state index contributed by atoms with van der Waals surface area (Å²) in [4.78, 5) is 4.59. The largest absolute Gasteiger partial charge is 0.248 e. The molecule has 0 atom stereocenters. The summed E-state index contributed by atoms with van der Waals surface area (Å²) in [6.45, 7) is 2.05. The van der Waals surface area contributed by atoms with Gasteiger partial charge in [0.15, 0.2) is 0 Å². The average Bonchev–Trinajstić information content (AvgIpc) is 2.26. The van der Waals surface area contributed by atoms with E-state index in [1.54, 1.807) is 0 Å². The quantitative estimate of drug-likeness (QED) is 0.497. The molecule has 1 heteroatoms. The lowest BCUT2D eigenvalue weighted by atomic mass is 10.1. The summed E-state index contributed by atoms with van der Waals surface area (Å²) >= 11 is 0. The van der Waals surface area contributed by atoms with E-state index in [-0.39, 0.29) is 0 Å². The van der Waals surface area contributed by atoms with Crippen LogP contribution in [0.4, 0.5) is 0 Å². The fourth-order valence-electron chi connectivity index (χ4n) is 1.82. The smallest absolute Gasteiger partial charge is 0.0716 e. The first kappa shape index (κ1) is 8.42. The monoisotopic (exact) mass is 192 g/mol. The van der Waals surface area contributed by atoms with Crippen LogP contribution < -0.4 is 0 Å². The molecule has 0 N–H and O–H groups in total. The van der Waals surface area contributed by atoms with E-state index in [1.807, 2.05) is 30.3 Å². The van der Waals surface area contributed by atoms with Crippen molar-refractivity contribution in [3.63, 3.8) is 0 Å². The molecule has 1 heterocycles. The molecule has 0 unspecified atom stereocenters. The molecule has 0 aliphatic rings. The van der Waals surface area contributed by atoms with Crippen LogP contribution in [0.2, 0.25) is 0 Å². The maximum absolute atomic E-state index is 4.59. The van der Waals surface area contributed by atoms with Gasteiger partial charge in [-0.2, -0.15) is 0 Å². The Morgan fingerprint density at radius 2 is 1.87 bits per heavy atom. The summed E-state index contributed by atoms with van der Waals surface area (Å²) in [5.74, 6) is 0. The molecule has 1 radical (unpaired) electrons. The van der Waals surface area contributed by atoms with Crippen molar-refractivity contribution < 1.29 is 0 Å². The van der Waals surface area contributed by atoms with Crippen molar-refractivity contribution in [3.05, 3.63) is 54.1 Å². The van der Waals surface area contributed by atoms with Crippen LogP contribution in [0.3, 0.4) is 0 Å². The number of rotatable bonds is 0. The number of pyridine rings is 1. The van der Waals surface area contributed by atoms with Gasteiger partial charge >= 0.3 is 0 Å². The number of aromatic nitrogens is 1. The predicted octanol–water partition coefficient (Wildman–Crippen LogP) is 3.50. The van der Waals surface area contributed by atoms with E-state index in [9.17, 15) is 0 Å². The number of hydrogen-bond acceptors (Lipinski definition) is 1. The molecule has 0 fully saturated rings. The van der Waals surface area contributed by atoms with Crippen molar-refractivity contribution in [1.29, 1.82) is 0 Å². The van der Waals surface area contributed by atoms with Crippen LogP contribution in [0.5, 0.6) is 0 Å². The van der Waals surface area contributed by atoms with Gasteiger partial charge in [0.25, 0.3) is 0 Å². The van der Waals surface area contributed by atoms with Crippen LogP contribution >= 0.6 is 0 Å². The van der Waals surface area contributed by atoms with Crippen molar-refractivity contribution in [1.82, 2.24) is 4.98 Å². The number of aryl methyl sites for hydroxylation is 1. The summed E-state index contributed by atoms with van der Waals surface area (Å²) in [5.41, 5.74) is 3.21. The van der Waals surface area contributed by atoms with Gasteiger partial charge in [-0.15, -0.1) is 0 Å². The van der Waals surface area contributed by atoms with Crippen LogP contribution in [0.1, 0.15) is 5.56 Å². The Balaban J connectivity index is 2.47. The number of hydrogen-bond donors (Lipinski definition) is 0. The van der Waals surface area contributed by atoms with E-state index < -0.39 is 0 Å². The lowest BCUT2D eigenvalue weighted by Crippen LogP contribution is -1.83. The van der Waals surface area contributed by atoms with Crippen molar-refractivity contribution in [3.8, 4) is 0 Å². The Morgan fingerprint density at radius 1 is 1.00 bits per heavy atom.